The highest BCUT2D eigenvalue weighted by Crippen LogP contribution is 2.30. The Hall–Kier alpha value is -1.78. The highest BCUT2D eigenvalue weighted by Gasteiger charge is 2.20. The number of hydrogen-bond acceptors (Lipinski definition) is 4. The first-order valence-electron chi connectivity index (χ1n) is 7.66. The van der Waals surface area contributed by atoms with Crippen LogP contribution in [0.15, 0.2) is 18.2 Å². The Balaban J connectivity index is 3.27. The van der Waals surface area contributed by atoms with Crippen molar-refractivity contribution in [3.63, 3.8) is 0 Å². The minimum absolute atomic E-state index is 0.136. The molecule has 0 saturated carbocycles. The van der Waals surface area contributed by atoms with Gasteiger partial charge in [0.15, 0.2) is 0 Å². The number of hydrogen-bond donors (Lipinski definition) is 1. The van der Waals surface area contributed by atoms with Crippen LogP contribution < -0.4 is 10.2 Å². The summed E-state index contributed by atoms with van der Waals surface area (Å²) in [6, 6.07) is 5.65. The van der Waals surface area contributed by atoms with Crippen LogP contribution >= 0.6 is 0 Å². The third-order valence-electron chi connectivity index (χ3n) is 3.68. The van der Waals surface area contributed by atoms with Crippen molar-refractivity contribution in [3.8, 4) is 0 Å². The molecule has 0 aliphatic carbocycles. The molecule has 0 aromatic heterocycles. The normalized spacial score (nSPS) is 11.0. The summed E-state index contributed by atoms with van der Waals surface area (Å²) < 4.78 is 0. The molecule has 0 bridgehead atoms. The van der Waals surface area contributed by atoms with Gasteiger partial charge in [0.1, 0.15) is 0 Å². The van der Waals surface area contributed by atoms with E-state index in [2.05, 4.69) is 37.9 Å². The SMILES string of the molecule is CCC(CC)N(CC(C)C)c1cc(NC)cc([N+](=O)[O-])c1. The zero-order valence-corrected chi connectivity index (χ0v) is 13.7. The molecule has 0 heterocycles. The summed E-state index contributed by atoms with van der Waals surface area (Å²) in [4.78, 5) is 13.1. The molecule has 0 saturated heterocycles. The van der Waals surface area contributed by atoms with Crippen LogP contribution in [-0.4, -0.2) is 24.6 Å². The molecule has 1 aromatic rings. The van der Waals surface area contributed by atoms with Crippen molar-refractivity contribution >= 4 is 17.1 Å². The average Bonchev–Trinajstić information content (AvgIpc) is 2.46. The smallest absolute Gasteiger partial charge is 0.273 e. The Morgan fingerprint density at radius 2 is 1.86 bits per heavy atom. The van der Waals surface area contributed by atoms with E-state index in [9.17, 15) is 10.1 Å². The molecule has 1 N–H and O–H groups in total. The number of nitrogens with one attached hydrogen (secondary N) is 1. The summed E-state index contributed by atoms with van der Waals surface area (Å²) >= 11 is 0. The van der Waals surface area contributed by atoms with Crippen LogP contribution in [0.4, 0.5) is 17.1 Å². The fourth-order valence-corrected chi connectivity index (χ4v) is 2.60. The largest absolute Gasteiger partial charge is 0.388 e. The van der Waals surface area contributed by atoms with Crippen LogP contribution in [0.5, 0.6) is 0 Å². The van der Waals surface area contributed by atoms with Gasteiger partial charge < -0.3 is 10.2 Å². The van der Waals surface area contributed by atoms with Crippen molar-refractivity contribution < 1.29 is 4.92 Å². The number of nitro groups is 1. The third kappa shape index (κ3) is 4.62. The van der Waals surface area contributed by atoms with Crippen molar-refractivity contribution in [1.29, 1.82) is 0 Å². The van der Waals surface area contributed by atoms with Crippen molar-refractivity contribution in [1.82, 2.24) is 0 Å². The van der Waals surface area contributed by atoms with Crippen molar-refractivity contribution in [2.45, 2.75) is 46.6 Å². The predicted molar refractivity (Wildman–Crippen MR) is 89.2 cm³/mol. The van der Waals surface area contributed by atoms with Gasteiger partial charge in [0, 0.05) is 43.1 Å². The maximum atomic E-state index is 11.1. The molecule has 5 nitrogen and oxygen atoms in total. The van der Waals surface area contributed by atoms with Gasteiger partial charge >= 0.3 is 0 Å². The summed E-state index contributed by atoms with van der Waals surface area (Å²) in [5, 5.41) is 14.1. The average molecular weight is 293 g/mol. The fourth-order valence-electron chi connectivity index (χ4n) is 2.60. The van der Waals surface area contributed by atoms with Gasteiger partial charge in [-0.2, -0.15) is 0 Å². The lowest BCUT2D eigenvalue weighted by Crippen LogP contribution is -2.37. The Morgan fingerprint density at radius 3 is 2.29 bits per heavy atom. The van der Waals surface area contributed by atoms with Gasteiger partial charge in [0.2, 0.25) is 0 Å². The van der Waals surface area contributed by atoms with Gasteiger partial charge in [-0.3, -0.25) is 10.1 Å². The lowest BCUT2D eigenvalue weighted by Gasteiger charge is -2.34. The molecule has 0 spiro atoms. The highest BCUT2D eigenvalue weighted by molar-refractivity contribution is 5.64. The molecule has 0 unspecified atom stereocenters. The van der Waals surface area contributed by atoms with Crippen LogP contribution in [0.1, 0.15) is 40.5 Å². The summed E-state index contributed by atoms with van der Waals surface area (Å²) in [6.45, 7) is 9.57. The van der Waals surface area contributed by atoms with E-state index in [1.165, 1.54) is 0 Å². The van der Waals surface area contributed by atoms with Crippen LogP contribution in [-0.2, 0) is 0 Å². The fraction of sp³-hybridized carbons (Fsp3) is 0.625. The van der Waals surface area contributed by atoms with E-state index in [1.54, 1.807) is 19.2 Å². The lowest BCUT2D eigenvalue weighted by atomic mass is 10.1. The molecule has 5 heteroatoms. The quantitative estimate of drug-likeness (QED) is 0.574. The first-order chi connectivity index (χ1) is 9.92. The predicted octanol–water partition coefficient (Wildman–Crippen LogP) is 4.29. The van der Waals surface area contributed by atoms with Crippen molar-refractivity contribution in [3.05, 3.63) is 28.3 Å². The van der Waals surface area contributed by atoms with Gasteiger partial charge in [-0.1, -0.05) is 27.7 Å². The molecule has 0 aliphatic heterocycles. The molecular weight excluding hydrogens is 266 g/mol. The molecule has 1 aromatic carbocycles. The van der Waals surface area contributed by atoms with Gasteiger partial charge in [0.25, 0.3) is 5.69 Å². The van der Waals surface area contributed by atoms with Gasteiger partial charge in [-0.15, -0.1) is 0 Å². The number of benzene rings is 1. The number of anilines is 2. The maximum absolute atomic E-state index is 11.1. The monoisotopic (exact) mass is 293 g/mol. The Morgan fingerprint density at radius 1 is 1.24 bits per heavy atom. The van der Waals surface area contributed by atoms with E-state index < -0.39 is 0 Å². The highest BCUT2D eigenvalue weighted by atomic mass is 16.6. The second kappa shape index (κ2) is 7.86. The first-order valence-corrected chi connectivity index (χ1v) is 7.66. The minimum Gasteiger partial charge on any atom is -0.388 e. The van der Waals surface area contributed by atoms with E-state index in [1.807, 2.05) is 6.07 Å². The standard InChI is InChI=1S/C16H27N3O2/c1-6-14(7-2)18(11-12(3)4)15-8-13(17-5)9-16(10-15)19(20)21/h8-10,12,14,17H,6-7,11H2,1-5H3. The van der Waals surface area contributed by atoms with E-state index in [-0.39, 0.29) is 10.6 Å². The van der Waals surface area contributed by atoms with E-state index in [0.29, 0.717) is 12.0 Å². The molecular formula is C16H27N3O2. The molecule has 1 rings (SSSR count). The number of rotatable bonds is 8. The molecule has 21 heavy (non-hydrogen) atoms. The second-order valence-electron chi connectivity index (χ2n) is 5.76. The number of nitrogens with zero attached hydrogens (tertiary/aromatic N) is 2. The topological polar surface area (TPSA) is 58.4 Å². The maximum Gasteiger partial charge on any atom is 0.273 e. The minimum atomic E-state index is -0.329. The Labute approximate surface area is 127 Å². The number of nitro benzene ring substituents is 1. The molecule has 0 amide bonds. The Kier molecular flexibility index (Phi) is 6.46. The summed E-state index contributed by atoms with van der Waals surface area (Å²) in [5.41, 5.74) is 1.84. The second-order valence-corrected chi connectivity index (χ2v) is 5.76. The van der Waals surface area contributed by atoms with Crippen molar-refractivity contribution in [2.24, 2.45) is 5.92 Å². The summed E-state index contributed by atoms with van der Waals surface area (Å²) in [5.74, 6) is 0.503. The zero-order chi connectivity index (χ0) is 16.0. The zero-order valence-electron chi connectivity index (χ0n) is 13.7. The number of non-ortho nitro benzene ring substituents is 1. The van der Waals surface area contributed by atoms with Crippen LogP contribution in [0, 0.1) is 16.0 Å². The summed E-state index contributed by atoms with van der Waals surface area (Å²) in [7, 11) is 1.78. The third-order valence-corrected chi connectivity index (χ3v) is 3.68. The first kappa shape index (κ1) is 17.3. The van der Waals surface area contributed by atoms with Gasteiger partial charge in [-0.05, 0) is 24.8 Å². The van der Waals surface area contributed by atoms with E-state index in [0.717, 1.165) is 30.8 Å². The molecule has 0 atom stereocenters. The molecule has 118 valence electrons. The van der Waals surface area contributed by atoms with Gasteiger partial charge in [-0.25, -0.2) is 0 Å². The molecule has 0 fully saturated rings. The molecule has 0 aliphatic rings. The Bertz CT molecular complexity index is 471. The van der Waals surface area contributed by atoms with E-state index >= 15 is 0 Å². The van der Waals surface area contributed by atoms with Crippen LogP contribution in [0.3, 0.4) is 0 Å². The lowest BCUT2D eigenvalue weighted by molar-refractivity contribution is -0.384. The van der Waals surface area contributed by atoms with Crippen molar-refractivity contribution in [2.75, 3.05) is 23.8 Å². The van der Waals surface area contributed by atoms with Crippen LogP contribution in [0.2, 0.25) is 0 Å². The van der Waals surface area contributed by atoms with E-state index in [4.69, 9.17) is 0 Å². The summed E-state index contributed by atoms with van der Waals surface area (Å²) in [6.07, 6.45) is 2.06. The van der Waals surface area contributed by atoms with Crippen LogP contribution in [0.25, 0.3) is 0 Å². The van der Waals surface area contributed by atoms with Gasteiger partial charge in [0.05, 0.1) is 4.92 Å². The molecule has 0 radical (unpaired) electrons.